The minimum Gasteiger partial charge on any atom is -0.493 e. The zero-order valence-electron chi connectivity index (χ0n) is 23.5. The molecular formula is C29H34ClN5O5S. The van der Waals surface area contributed by atoms with Gasteiger partial charge in [-0.25, -0.2) is 14.8 Å². The highest BCUT2D eigenvalue weighted by Gasteiger charge is 2.20. The molecule has 0 unspecified atom stereocenters. The van der Waals surface area contributed by atoms with Crippen molar-refractivity contribution in [3.63, 3.8) is 0 Å². The molecule has 2 aromatic heterocycles. The van der Waals surface area contributed by atoms with Crippen molar-refractivity contribution in [2.24, 2.45) is 0 Å². The maximum atomic E-state index is 13.4. The molecule has 3 rings (SSSR count). The number of carbonyl (C=O) groups is 3. The van der Waals surface area contributed by atoms with Crippen molar-refractivity contribution in [2.75, 3.05) is 29.5 Å². The summed E-state index contributed by atoms with van der Waals surface area (Å²) in [4.78, 5) is 47.3. The number of anilines is 2. The Morgan fingerprint density at radius 2 is 1.83 bits per heavy atom. The second-order valence-corrected chi connectivity index (χ2v) is 11.4. The van der Waals surface area contributed by atoms with Gasteiger partial charge in [0.15, 0.2) is 5.69 Å². The van der Waals surface area contributed by atoms with Gasteiger partial charge >= 0.3 is 6.09 Å². The number of rotatable bonds is 12. The van der Waals surface area contributed by atoms with Crippen LogP contribution in [0.4, 0.5) is 16.3 Å². The Balaban J connectivity index is 1.70. The van der Waals surface area contributed by atoms with Gasteiger partial charge in [-0.05, 0) is 81.8 Å². The van der Waals surface area contributed by atoms with Crippen molar-refractivity contribution in [3.8, 4) is 5.75 Å². The molecule has 3 amide bonds. The number of halogens is 1. The molecule has 0 saturated heterocycles. The number of benzene rings is 1. The van der Waals surface area contributed by atoms with Gasteiger partial charge in [0, 0.05) is 23.8 Å². The van der Waals surface area contributed by atoms with Gasteiger partial charge in [-0.1, -0.05) is 18.5 Å². The average molecular weight is 600 g/mol. The van der Waals surface area contributed by atoms with Gasteiger partial charge in [-0.2, -0.15) is 0 Å². The van der Waals surface area contributed by atoms with E-state index in [0.29, 0.717) is 35.1 Å². The second kappa shape index (κ2) is 15.2. The van der Waals surface area contributed by atoms with Crippen LogP contribution in [0.3, 0.4) is 0 Å². The monoisotopic (exact) mass is 599 g/mol. The number of thioether (sulfide) groups is 1. The van der Waals surface area contributed by atoms with Gasteiger partial charge in [-0.3, -0.25) is 9.59 Å². The zero-order chi connectivity index (χ0) is 29.8. The highest BCUT2D eigenvalue weighted by molar-refractivity contribution is 7.99. The minimum absolute atomic E-state index is 0.0170. The number of carbonyl (C=O) groups excluding carboxylic acids is 3. The molecule has 41 heavy (non-hydrogen) atoms. The molecule has 0 saturated carbocycles. The first-order valence-corrected chi connectivity index (χ1v) is 14.5. The molecule has 3 N–H and O–H groups in total. The van der Waals surface area contributed by atoms with Crippen molar-refractivity contribution < 1.29 is 23.9 Å². The lowest BCUT2D eigenvalue weighted by molar-refractivity contribution is 0.0525. The van der Waals surface area contributed by atoms with Crippen molar-refractivity contribution in [1.29, 1.82) is 0 Å². The molecular weight excluding hydrogens is 566 g/mol. The van der Waals surface area contributed by atoms with Crippen molar-refractivity contribution in [3.05, 3.63) is 71.1 Å². The summed E-state index contributed by atoms with van der Waals surface area (Å²) in [7, 11) is 0. The Morgan fingerprint density at radius 1 is 1.02 bits per heavy atom. The quantitative estimate of drug-likeness (QED) is 0.160. The standard InChI is InChI=1S/C29H34ClN5O5S/c1-5-16-41-20-10-11-21(23(17-20)39-15-7-14-32-28(38)40-29(2,3)4)26(36)34-22-8-6-13-31-25(22)27(37)35-24-12-9-19(30)18-33-24/h6,8-13,17-18H,5,7,14-16H2,1-4H3,(H,32,38)(H,34,36)(H,33,35,37). The van der Waals surface area contributed by atoms with E-state index < -0.39 is 23.5 Å². The Kier molecular flexibility index (Phi) is 11.8. The molecule has 0 aliphatic heterocycles. The van der Waals surface area contributed by atoms with Crippen LogP contribution in [0, 0.1) is 0 Å². The van der Waals surface area contributed by atoms with E-state index in [-0.39, 0.29) is 18.0 Å². The molecule has 218 valence electrons. The molecule has 0 aliphatic carbocycles. The largest absolute Gasteiger partial charge is 0.493 e. The van der Waals surface area contributed by atoms with Crippen LogP contribution in [-0.2, 0) is 4.74 Å². The number of ether oxygens (including phenoxy) is 2. The van der Waals surface area contributed by atoms with Crippen molar-refractivity contribution >= 4 is 52.8 Å². The van der Waals surface area contributed by atoms with Gasteiger partial charge in [0.2, 0.25) is 0 Å². The third-order valence-electron chi connectivity index (χ3n) is 5.16. The minimum atomic E-state index is -0.582. The van der Waals surface area contributed by atoms with Crippen molar-refractivity contribution in [1.82, 2.24) is 15.3 Å². The maximum absolute atomic E-state index is 13.4. The number of hydrogen-bond acceptors (Lipinski definition) is 8. The van der Waals surface area contributed by atoms with E-state index in [4.69, 9.17) is 21.1 Å². The second-order valence-electron chi connectivity index (χ2n) is 9.81. The first-order chi connectivity index (χ1) is 19.6. The lowest BCUT2D eigenvalue weighted by atomic mass is 10.1. The molecule has 0 atom stereocenters. The van der Waals surface area contributed by atoms with Crippen LogP contribution in [0.25, 0.3) is 0 Å². The van der Waals surface area contributed by atoms with Crippen LogP contribution >= 0.6 is 23.4 Å². The smallest absolute Gasteiger partial charge is 0.407 e. The zero-order valence-corrected chi connectivity index (χ0v) is 25.0. The first-order valence-electron chi connectivity index (χ1n) is 13.1. The van der Waals surface area contributed by atoms with E-state index in [1.165, 1.54) is 12.4 Å². The summed E-state index contributed by atoms with van der Waals surface area (Å²) in [6.45, 7) is 8.08. The van der Waals surface area contributed by atoms with Crippen molar-refractivity contribution in [2.45, 2.75) is 51.0 Å². The summed E-state index contributed by atoms with van der Waals surface area (Å²) < 4.78 is 11.2. The van der Waals surface area contributed by atoms with Crippen LogP contribution in [0.2, 0.25) is 5.02 Å². The van der Waals surface area contributed by atoms with Crippen LogP contribution in [-0.4, -0.2) is 52.4 Å². The van der Waals surface area contributed by atoms with Gasteiger partial charge in [0.25, 0.3) is 11.8 Å². The van der Waals surface area contributed by atoms with Crippen LogP contribution in [0.5, 0.6) is 5.75 Å². The molecule has 0 radical (unpaired) electrons. The first kappa shape index (κ1) is 31.7. The third kappa shape index (κ3) is 10.6. The van der Waals surface area contributed by atoms with E-state index in [1.54, 1.807) is 62.9 Å². The molecule has 0 bridgehead atoms. The molecule has 2 heterocycles. The number of amides is 3. The number of aromatic nitrogens is 2. The summed E-state index contributed by atoms with van der Waals surface area (Å²) >= 11 is 7.52. The number of nitrogens with one attached hydrogen (secondary N) is 3. The molecule has 0 spiro atoms. The van der Waals surface area contributed by atoms with E-state index in [9.17, 15) is 14.4 Å². The lowest BCUT2D eigenvalue weighted by Gasteiger charge is -2.19. The number of nitrogens with zero attached hydrogens (tertiary/aromatic N) is 2. The van der Waals surface area contributed by atoms with Gasteiger partial charge < -0.3 is 25.4 Å². The fourth-order valence-corrected chi connectivity index (χ4v) is 4.29. The molecule has 12 heteroatoms. The van der Waals surface area contributed by atoms with E-state index in [0.717, 1.165) is 17.1 Å². The Morgan fingerprint density at radius 3 is 2.54 bits per heavy atom. The van der Waals surface area contributed by atoms with E-state index in [1.807, 2.05) is 12.1 Å². The molecule has 0 aliphatic rings. The fraction of sp³-hybridized carbons (Fsp3) is 0.345. The number of pyridine rings is 2. The highest BCUT2D eigenvalue weighted by Crippen LogP contribution is 2.29. The number of alkyl carbamates (subject to hydrolysis) is 1. The van der Waals surface area contributed by atoms with Crippen LogP contribution in [0.15, 0.2) is 59.8 Å². The van der Waals surface area contributed by atoms with Gasteiger partial charge in [0.1, 0.15) is 17.2 Å². The Labute approximate surface area is 249 Å². The highest BCUT2D eigenvalue weighted by atomic mass is 35.5. The topological polar surface area (TPSA) is 132 Å². The van der Waals surface area contributed by atoms with E-state index >= 15 is 0 Å². The van der Waals surface area contributed by atoms with Gasteiger partial charge in [-0.15, -0.1) is 11.8 Å². The Hall–Kier alpha value is -3.83. The summed E-state index contributed by atoms with van der Waals surface area (Å²) in [6, 6.07) is 11.7. The molecule has 3 aromatic rings. The summed E-state index contributed by atoms with van der Waals surface area (Å²) in [5, 5.41) is 8.55. The summed E-state index contributed by atoms with van der Waals surface area (Å²) in [5.74, 6) is 0.587. The molecule has 0 fully saturated rings. The molecule has 1 aromatic carbocycles. The normalized spacial score (nSPS) is 11.0. The van der Waals surface area contributed by atoms with Crippen LogP contribution in [0.1, 0.15) is 61.4 Å². The molecule has 10 nitrogen and oxygen atoms in total. The predicted octanol–water partition coefficient (Wildman–Crippen LogP) is 6.43. The fourth-order valence-electron chi connectivity index (χ4n) is 3.38. The predicted molar refractivity (Wildman–Crippen MR) is 161 cm³/mol. The summed E-state index contributed by atoms with van der Waals surface area (Å²) in [6.07, 6.45) is 3.86. The third-order valence-corrected chi connectivity index (χ3v) is 6.58. The maximum Gasteiger partial charge on any atom is 0.407 e. The summed E-state index contributed by atoms with van der Waals surface area (Å²) in [5.41, 5.74) is -0.0501. The van der Waals surface area contributed by atoms with Gasteiger partial charge in [0.05, 0.1) is 22.9 Å². The SMILES string of the molecule is CCCSc1ccc(C(=O)Nc2cccnc2C(=O)Nc2ccc(Cl)cn2)c(OCCCNC(=O)OC(C)(C)C)c1. The average Bonchev–Trinajstić information content (AvgIpc) is 2.92. The Bertz CT molecular complexity index is 1350. The number of hydrogen-bond donors (Lipinski definition) is 3. The van der Waals surface area contributed by atoms with Crippen LogP contribution < -0.4 is 20.7 Å². The van der Waals surface area contributed by atoms with E-state index in [2.05, 4.69) is 32.8 Å². The lowest BCUT2D eigenvalue weighted by Crippen LogP contribution is -2.33.